The van der Waals surface area contributed by atoms with Crippen LogP contribution < -0.4 is 20.6 Å². The third-order valence-electron chi connectivity index (χ3n) is 7.62. The molecule has 1 atom stereocenters. The number of piperidine rings is 1. The standard InChI is InChI=1S/C29H36N6O5/c36-28(31-26(29(37)38)16-23-19-33(20-30-23)18-21-4-2-1-3-5-21)22-8-10-35(11-9-22)27-17-24(6-7-25(27)32-39)34-12-14-40-15-13-34/h1-7,17,19-20,22,26,32,39H,8-16,18H2,(H,31,36)(H,37,38)/p+1/t26-/m0/s1. The van der Waals surface area contributed by atoms with Gasteiger partial charge in [-0.15, -0.1) is 0 Å². The molecule has 0 radical (unpaired) electrons. The molecule has 2 aliphatic heterocycles. The molecule has 40 heavy (non-hydrogen) atoms. The first-order chi connectivity index (χ1) is 19.5. The van der Waals surface area contributed by atoms with Crippen LogP contribution in [0.1, 0.15) is 24.1 Å². The summed E-state index contributed by atoms with van der Waals surface area (Å²) >= 11 is 0. The Labute approximate surface area is 233 Å². The fourth-order valence-corrected chi connectivity index (χ4v) is 5.38. The van der Waals surface area contributed by atoms with Gasteiger partial charge < -0.3 is 34.3 Å². The van der Waals surface area contributed by atoms with Crippen LogP contribution >= 0.6 is 0 Å². The van der Waals surface area contributed by atoms with Crippen molar-refractivity contribution in [3.05, 3.63) is 72.3 Å². The lowest BCUT2D eigenvalue weighted by Gasteiger charge is -2.35. The lowest BCUT2D eigenvalue weighted by molar-refractivity contribution is -0.126. The molecule has 3 heterocycles. The number of amides is 1. The van der Waals surface area contributed by atoms with Crippen molar-refractivity contribution in [3.8, 4) is 0 Å². The van der Waals surface area contributed by atoms with E-state index in [1.165, 1.54) is 0 Å². The van der Waals surface area contributed by atoms with Crippen LogP contribution in [0.2, 0.25) is 0 Å². The minimum Gasteiger partial charge on any atom is -0.378 e. The van der Waals surface area contributed by atoms with Crippen molar-refractivity contribution in [2.75, 3.05) is 54.7 Å². The molecule has 11 heteroatoms. The van der Waals surface area contributed by atoms with Gasteiger partial charge in [-0.25, -0.2) is 4.98 Å². The van der Waals surface area contributed by atoms with Gasteiger partial charge in [-0.1, -0.05) is 30.3 Å². The van der Waals surface area contributed by atoms with Crippen LogP contribution in [0.5, 0.6) is 0 Å². The minimum absolute atomic E-state index is 0.175. The van der Waals surface area contributed by atoms with E-state index < -0.39 is 12.0 Å². The fourth-order valence-electron chi connectivity index (χ4n) is 5.38. The smallest absolute Gasteiger partial charge is 0.378 e. The zero-order valence-electron chi connectivity index (χ0n) is 22.4. The number of hydrogen-bond donors (Lipinski definition) is 4. The predicted octanol–water partition coefficient (Wildman–Crippen LogP) is 2.57. The molecule has 212 valence electrons. The highest BCUT2D eigenvalue weighted by Gasteiger charge is 2.32. The van der Waals surface area contributed by atoms with Gasteiger partial charge in [0.05, 0.1) is 36.6 Å². The maximum Gasteiger partial charge on any atom is 0.504 e. The summed E-state index contributed by atoms with van der Waals surface area (Å²) in [6, 6.07) is 15.0. The number of nitrogens with zero attached hydrogens (tertiary/aromatic N) is 4. The fraction of sp³-hybridized carbons (Fsp3) is 0.414. The van der Waals surface area contributed by atoms with Gasteiger partial charge in [0, 0.05) is 56.9 Å². The van der Waals surface area contributed by atoms with E-state index >= 15 is 0 Å². The van der Waals surface area contributed by atoms with E-state index in [9.17, 15) is 19.9 Å². The Kier molecular flexibility index (Phi) is 8.82. The number of carbonyl (C=O) groups is 1. The number of anilines is 3. The van der Waals surface area contributed by atoms with Crippen LogP contribution in [0.3, 0.4) is 0 Å². The molecule has 2 saturated heterocycles. The van der Waals surface area contributed by atoms with Crippen LogP contribution in [-0.4, -0.2) is 82.0 Å². The molecular weight excluding hydrogens is 512 g/mol. The molecule has 2 aliphatic rings. The number of aromatic nitrogens is 2. The number of carbonyl (C=O) groups excluding carboxylic acids is 1. The van der Waals surface area contributed by atoms with Crippen LogP contribution in [0.25, 0.3) is 0 Å². The molecule has 11 nitrogen and oxygen atoms in total. The van der Waals surface area contributed by atoms with Crippen LogP contribution in [0, 0.1) is 5.92 Å². The van der Waals surface area contributed by atoms with Gasteiger partial charge in [-0.05, 0) is 36.6 Å². The Bertz CT molecular complexity index is 1290. The van der Waals surface area contributed by atoms with Gasteiger partial charge in [-0.2, -0.15) is 0 Å². The van der Waals surface area contributed by atoms with Crippen LogP contribution in [-0.2, 0) is 22.5 Å². The van der Waals surface area contributed by atoms with E-state index in [-0.39, 0.29) is 18.2 Å². The molecule has 0 saturated carbocycles. The maximum absolute atomic E-state index is 13.1. The Morgan fingerprint density at radius 3 is 2.52 bits per heavy atom. The van der Waals surface area contributed by atoms with Crippen LogP contribution in [0.15, 0.2) is 61.1 Å². The van der Waals surface area contributed by atoms with E-state index in [2.05, 4.69) is 31.6 Å². The quantitative estimate of drug-likeness (QED) is 0.224. The normalized spacial score (nSPS) is 16.9. The van der Waals surface area contributed by atoms with Crippen molar-refractivity contribution in [1.29, 1.82) is 0 Å². The number of hydrogen-bond acceptors (Lipinski definition) is 7. The summed E-state index contributed by atoms with van der Waals surface area (Å²) in [5.74, 6) is -1.31. The van der Waals surface area contributed by atoms with Gasteiger partial charge in [-0.3, -0.25) is 15.5 Å². The zero-order chi connectivity index (χ0) is 27.9. The number of imidazole rings is 1. The average Bonchev–Trinajstić information content (AvgIpc) is 3.44. The van der Waals surface area contributed by atoms with Crippen molar-refractivity contribution in [2.45, 2.75) is 31.8 Å². The Balaban J connectivity index is 1.17. The first-order valence-corrected chi connectivity index (χ1v) is 13.7. The van der Waals surface area contributed by atoms with Gasteiger partial charge in [0.2, 0.25) is 5.91 Å². The highest BCUT2D eigenvalue weighted by molar-refractivity contribution is 5.86. The molecule has 5 N–H and O–H groups in total. The summed E-state index contributed by atoms with van der Waals surface area (Å²) in [6.45, 7) is 4.92. The number of carboxylic acids is 1. The van der Waals surface area contributed by atoms with E-state index in [1.807, 2.05) is 53.2 Å². The van der Waals surface area contributed by atoms with E-state index in [4.69, 9.17) is 4.74 Å². The summed E-state index contributed by atoms with van der Waals surface area (Å²) < 4.78 is 7.39. The largest absolute Gasteiger partial charge is 0.504 e. The molecule has 5 rings (SSSR count). The lowest BCUT2D eigenvalue weighted by Crippen LogP contribution is -2.47. The van der Waals surface area contributed by atoms with Gasteiger partial charge in [0.15, 0.2) is 6.04 Å². The van der Waals surface area contributed by atoms with Gasteiger partial charge >= 0.3 is 5.97 Å². The lowest BCUT2D eigenvalue weighted by atomic mass is 9.94. The van der Waals surface area contributed by atoms with E-state index in [0.29, 0.717) is 57.1 Å². The number of ether oxygens (including phenoxy) is 1. The van der Waals surface area contributed by atoms with Crippen LogP contribution in [0.4, 0.5) is 17.1 Å². The molecule has 0 unspecified atom stereocenters. The second-order valence-corrected chi connectivity index (χ2v) is 10.3. The number of aliphatic carboxylic acids is 1. The van der Waals surface area contributed by atoms with Crippen molar-refractivity contribution in [3.63, 3.8) is 0 Å². The third kappa shape index (κ3) is 6.72. The average molecular weight is 550 g/mol. The Morgan fingerprint density at radius 2 is 1.82 bits per heavy atom. The molecule has 1 aromatic heterocycles. The summed E-state index contributed by atoms with van der Waals surface area (Å²) in [6.07, 6.45) is 4.93. The van der Waals surface area contributed by atoms with Gasteiger partial charge in [0.25, 0.3) is 0 Å². The van der Waals surface area contributed by atoms with E-state index in [0.717, 1.165) is 30.0 Å². The summed E-state index contributed by atoms with van der Waals surface area (Å²) in [5.41, 5.74) is 6.66. The molecule has 2 fully saturated rings. The first kappa shape index (κ1) is 27.5. The van der Waals surface area contributed by atoms with Crippen molar-refractivity contribution in [1.82, 2.24) is 14.9 Å². The minimum atomic E-state index is -0.944. The Morgan fingerprint density at radius 1 is 1.07 bits per heavy atom. The van der Waals surface area contributed by atoms with Gasteiger partial charge in [0.1, 0.15) is 0 Å². The predicted molar refractivity (Wildman–Crippen MR) is 153 cm³/mol. The summed E-state index contributed by atoms with van der Waals surface area (Å²) in [4.78, 5) is 31.8. The first-order valence-electron chi connectivity index (χ1n) is 13.7. The molecule has 3 aromatic rings. The number of morpholine rings is 1. The van der Waals surface area contributed by atoms with Crippen molar-refractivity contribution in [2.24, 2.45) is 5.92 Å². The maximum atomic E-state index is 13.1. The molecule has 1 amide bonds. The van der Waals surface area contributed by atoms with Crippen molar-refractivity contribution < 1.29 is 24.6 Å². The number of benzene rings is 2. The molecule has 2 aromatic carbocycles. The number of carboxylic acid groups (broad SMARTS) is 1. The Hall–Kier alpha value is -4.09. The summed E-state index contributed by atoms with van der Waals surface area (Å²) in [5, 5.41) is 22.4. The highest BCUT2D eigenvalue weighted by Crippen LogP contribution is 2.34. The van der Waals surface area contributed by atoms with E-state index in [1.54, 1.807) is 6.33 Å². The highest BCUT2D eigenvalue weighted by atomic mass is 16.5. The third-order valence-corrected chi connectivity index (χ3v) is 7.62. The number of nitrogens with one attached hydrogen (secondary N) is 2. The number of aliphatic hydroxyl groups excluding tert-OH is 1. The molecule has 0 bridgehead atoms. The molecular formula is C29H37N6O5+. The topological polar surface area (TPSA) is 137 Å². The van der Waals surface area contributed by atoms with Crippen molar-refractivity contribution >= 4 is 28.9 Å². The number of rotatable bonds is 10. The molecule has 0 spiro atoms. The monoisotopic (exact) mass is 549 g/mol. The second-order valence-electron chi connectivity index (χ2n) is 10.3. The summed E-state index contributed by atoms with van der Waals surface area (Å²) in [7, 11) is 0. The molecule has 0 aliphatic carbocycles. The second kappa shape index (κ2) is 12.8. The zero-order valence-corrected chi connectivity index (χ0v) is 22.4. The SMILES string of the molecule is O=C(N[C@@H](Cc1cn(Cc2ccccc2)cn1)C(O)=[OH+])C1CCN(c2cc(N3CCOCC3)ccc2NO)CC1.